The standard InChI is InChI=1S/C22H21ClN4O3S/c1-15(2)17-7-5-16(6-8-17)14-24-22-25-21(20-4-3-13-30-20)26-27(22)31(28,29)19-11-9-18(23)10-12-19/h3-13,15H,14H2,1-2H3,(H,24,25,26). The summed E-state index contributed by atoms with van der Waals surface area (Å²) in [7, 11) is -4.00. The number of furan rings is 1. The zero-order valence-corrected chi connectivity index (χ0v) is 18.6. The average molecular weight is 457 g/mol. The summed E-state index contributed by atoms with van der Waals surface area (Å²) in [6, 6.07) is 17.4. The average Bonchev–Trinajstić information content (AvgIpc) is 3.43. The molecule has 1 N–H and O–H groups in total. The molecule has 0 fully saturated rings. The van der Waals surface area contributed by atoms with Crippen LogP contribution >= 0.6 is 11.6 Å². The lowest BCUT2D eigenvalue weighted by Crippen LogP contribution is -2.18. The van der Waals surface area contributed by atoms with Crippen molar-refractivity contribution in [1.29, 1.82) is 0 Å². The van der Waals surface area contributed by atoms with E-state index < -0.39 is 10.0 Å². The molecule has 0 atom stereocenters. The molecule has 0 bridgehead atoms. The van der Waals surface area contributed by atoms with Crippen molar-refractivity contribution in [3.05, 3.63) is 83.1 Å². The van der Waals surface area contributed by atoms with Gasteiger partial charge in [-0.15, -0.1) is 9.19 Å². The van der Waals surface area contributed by atoms with E-state index in [9.17, 15) is 8.42 Å². The molecule has 0 unspecified atom stereocenters. The molecule has 0 spiro atoms. The van der Waals surface area contributed by atoms with E-state index >= 15 is 0 Å². The van der Waals surface area contributed by atoms with Crippen LogP contribution in [0.5, 0.6) is 0 Å². The Morgan fingerprint density at radius 3 is 2.39 bits per heavy atom. The molecular weight excluding hydrogens is 436 g/mol. The van der Waals surface area contributed by atoms with Crippen LogP contribution in [0.15, 0.2) is 76.2 Å². The van der Waals surface area contributed by atoms with E-state index in [1.54, 1.807) is 12.1 Å². The van der Waals surface area contributed by atoms with Gasteiger partial charge in [-0.3, -0.25) is 0 Å². The first-order valence-electron chi connectivity index (χ1n) is 9.69. The Labute approximate surface area is 185 Å². The summed E-state index contributed by atoms with van der Waals surface area (Å²) in [6.07, 6.45) is 1.48. The molecule has 160 valence electrons. The zero-order chi connectivity index (χ0) is 22.0. The third-order valence-corrected chi connectivity index (χ3v) is 6.59. The van der Waals surface area contributed by atoms with Gasteiger partial charge in [-0.05, 0) is 53.4 Å². The van der Waals surface area contributed by atoms with Crippen LogP contribution in [-0.2, 0) is 16.6 Å². The minimum absolute atomic E-state index is 0.0529. The summed E-state index contributed by atoms with van der Waals surface area (Å²) < 4.78 is 32.7. The zero-order valence-electron chi connectivity index (χ0n) is 17.0. The fourth-order valence-electron chi connectivity index (χ4n) is 2.99. The summed E-state index contributed by atoms with van der Waals surface area (Å²) >= 11 is 5.90. The number of rotatable bonds is 7. The predicted molar refractivity (Wildman–Crippen MR) is 120 cm³/mol. The highest BCUT2D eigenvalue weighted by molar-refractivity contribution is 7.90. The van der Waals surface area contributed by atoms with Gasteiger partial charge in [0.1, 0.15) is 0 Å². The third kappa shape index (κ3) is 4.50. The van der Waals surface area contributed by atoms with Crippen molar-refractivity contribution in [1.82, 2.24) is 14.2 Å². The monoisotopic (exact) mass is 456 g/mol. The number of aromatic nitrogens is 3. The number of halogens is 1. The minimum atomic E-state index is -4.00. The van der Waals surface area contributed by atoms with Gasteiger partial charge in [0.15, 0.2) is 5.76 Å². The van der Waals surface area contributed by atoms with Crippen molar-refractivity contribution < 1.29 is 12.8 Å². The lowest BCUT2D eigenvalue weighted by atomic mass is 10.0. The molecule has 7 nitrogen and oxygen atoms in total. The molecule has 4 aromatic rings. The van der Waals surface area contributed by atoms with E-state index in [1.165, 1.54) is 36.1 Å². The highest BCUT2D eigenvalue weighted by atomic mass is 35.5. The lowest BCUT2D eigenvalue weighted by molar-refractivity contribution is 0.573. The van der Waals surface area contributed by atoms with E-state index in [2.05, 4.69) is 41.4 Å². The number of nitrogens with zero attached hydrogens (tertiary/aromatic N) is 3. The molecule has 0 aliphatic rings. The molecule has 0 aliphatic heterocycles. The van der Waals surface area contributed by atoms with Gasteiger partial charge in [-0.1, -0.05) is 49.7 Å². The molecule has 2 heterocycles. The smallest absolute Gasteiger partial charge is 0.286 e. The van der Waals surface area contributed by atoms with Crippen molar-refractivity contribution in [3.63, 3.8) is 0 Å². The number of hydrogen-bond donors (Lipinski definition) is 1. The van der Waals surface area contributed by atoms with Gasteiger partial charge >= 0.3 is 0 Å². The molecule has 0 aliphatic carbocycles. The normalized spacial score (nSPS) is 11.7. The highest BCUT2D eigenvalue weighted by Gasteiger charge is 2.25. The van der Waals surface area contributed by atoms with Crippen LogP contribution < -0.4 is 5.32 Å². The first kappa shape index (κ1) is 21.1. The van der Waals surface area contributed by atoms with E-state index in [0.29, 0.717) is 23.2 Å². The van der Waals surface area contributed by atoms with Crippen molar-refractivity contribution in [2.45, 2.75) is 31.2 Å². The summed E-state index contributed by atoms with van der Waals surface area (Å²) in [5.74, 6) is 1.06. The topological polar surface area (TPSA) is 90.0 Å². The molecule has 4 rings (SSSR count). The van der Waals surface area contributed by atoms with Gasteiger partial charge in [0.05, 0.1) is 11.2 Å². The summed E-state index contributed by atoms with van der Waals surface area (Å²) in [6.45, 7) is 4.64. The Balaban J connectivity index is 1.68. The van der Waals surface area contributed by atoms with Crippen LogP contribution in [-0.4, -0.2) is 22.6 Å². The molecule has 2 aromatic carbocycles. The molecular formula is C22H21ClN4O3S. The first-order chi connectivity index (χ1) is 14.8. The molecule has 2 aromatic heterocycles. The number of anilines is 1. The van der Waals surface area contributed by atoms with Crippen LogP contribution in [0.3, 0.4) is 0 Å². The number of benzene rings is 2. The second-order valence-corrected chi connectivity index (χ2v) is 9.49. The number of nitrogens with one attached hydrogen (secondary N) is 1. The van der Waals surface area contributed by atoms with Crippen LogP contribution in [0.4, 0.5) is 5.95 Å². The lowest BCUT2D eigenvalue weighted by Gasteiger charge is -2.10. The maximum atomic E-state index is 13.2. The van der Waals surface area contributed by atoms with Crippen molar-refractivity contribution >= 4 is 27.6 Å². The Kier molecular flexibility index (Phi) is 5.84. The van der Waals surface area contributed by atoms with Crippen LogP contribution in [0.2, 0.25) is 5.02 Å². The van der Waals surface area contributed by atoms with E-state index in [0.717, 1.165) is 9.65 Å². The third-order valence-electron chi connectivity index (χ3n) is 4.76. The second kappa shape index (κ2) is 8.56. The molecule has 0 saturated heterocycles. The van der Waals surface area contributed by atoms with Crippen molar-refractivity contribution in [3.8, 4) is 11.6 Å². The van der Waals surface area contributed by atoms with Gasteiger partial charge in [-0.25, -0.2) is 0 Å². The van der Waals surface area contributed by atoms with E-state index in [1.807, 2.05) is 12.1 Å². The first-order valence-corrected chi connectivity index (χ1v) is 11.5. The van der Waals surface area contributed by atoms with Crippen molar-refractivity contribution in [2.75, 3.05) is 5.32 Å². The van der Waals surface area contributed by atoms with Crippen LogP contribution in [0.1, 0.15) is 30.9 Å². The summed E-state index contributed by atoms with van der Waals surface area (Å²) in [5.41, 5.74) is 2.22. The fourth-order valence-corrected chi connectivity index (χ4v) is 4.32. The molecule has 0 amide bonds. The van der Waals surface area contributed by atoms with Gasteiger partial charge < -0.3 is 9.73 Å². The summed E-state index contributed by atoms with van der Waals surface area (Å²) in [5, 5.41) is 7.73. The van der Waals surface area contributed by atoms with Crippen LogP contribution in [0, 0.1) is 0 Å². The predicted octanol–water partition coefficient (Wildman–Crippen LogP) is 5.16. The molecule has 0 radical (unpaired) electrons. The van der Waals surface area contributed by atoms with Gasteiger partial charge in [0, 0.05) is 11.6 Å². The Morgan fingerprint density at radius 1 is 1.06 bits per heavy atom. The van der Waals surface area contributed by atoms with Crippen molar-refractivity contribution in [2.24, 2.45) is 0 Å². The maximum absolute atomic E-state index is 13.2. The maximum Gasteiger partial charge on any atom is 0.286 e. The molecule has 9 heteroatoms. The largest absolute Gasteiger partial charge is 0.461 e. The van der Waals surface area contributed by atoms with Crippen LogP contribution in [0.25, 0.3) is 11.6 Å². The second-order valence-electron chi connectivity index (χ2n) is 7.29. The fraction of sp³-hybridized carbons (Fsp3) is 0.182. The van der Waals surface area contributed by atoms with Gasteiger partial charge in [-0.2, -0.15) is 13.4 Å². The Hall–Kier alpha value is -3.10. The quantitative estimate of drug-likeness (QED) is 0.413. The van der Waals surface area contributed by atoms with E-state index in [4.69, 9.17) is 16.0 Å². The van der Waals surface area contributed by atoms with E-state index in [-0.39, 0.29) is 16.7 Å². The molecule has 31 heavy (non-hydrogen) atoms. The number of hydrogen-bond acceptors (Lipinski definition) is 6. The Bertz CT molecular complexity index is 1260. The highest BCUT2D eigenvalue weighted by Crippen LogP contribution is 2.24. The minimum Gasteiger partial charge on any atom is -0.461 e. The van der Waals surface area contributed by atoms with Gasteiger partial charge in [0.25, 0.3) is 10.0 Å². The molecule has 0 saturated carbocycles. The Morgan fingerprint density at radius 2 is 1.77 bits per heavy atom. The summed E-state index contributed by atoms with van der Waals surface area (Å²) in [4.78, 5) is 4.42. The SMILES string of the molecule is CC(C)c1ccc(CNc2nc(-c3ccco3)nn2S(=O)(=O)c2ccc(Cl)cc2)cc1. The van der Waals surface area contributed by atoms with Gasteiger partial charge in [0.2, 0.25) is 11.8 Å².